The van der Waals surface area contributed by atoms with Gasteiger partial charge in [-0.1, -0.05) is 0 Å². The van der Waals surface area contributed by atoms with Crippen LogP contribution in [0.15, 0.2) is 0 Å². The van der Waals surface area contributed by atoms with Gasteiger partial charge in [0.15, 0.2) is 0 Å². The van der Waals surface area contributed by atoms with Crippen LogP contribution in [0.5, 0.6) is 0 Å². The summed E-state index contributed by atoms with van der Waals surface area (Å²) in [7, 11) is -0.657. The van der Waals surface area contributed by atoms with Gasteiger partial charge in [-0.3, -0.25) is 0 Å². The molecule has 0 saturated carbocycles. The quantitative estimate of drug-likeness (QED) is 0.575. The number of rotatable bonds is 3. The molecule has 0 aromatic rings. The zero-order valence-corrected chi connectivity index (χ0v) is 9.16. The first-order chi connectivity index (χ1) is 5.33. The fourth-order valence-electron chi connectivity index (χ4n) is 2.61. The van der Waals surface area contributed by atoms with Crippen LogP contribution >= 0.6 is 7.26 Å². The summed E-state index contributed by atoms with van der Waals surface area (Å²) in [5.74, 6) is 0. The Kier molecular flexibility index (Phi) is 3.85. The summed E-state index contributed by atoms with van der Waals surface area (Å²) in [6.45, 7) is 4.80. The third kappa shape index (κ3) is 2.44. The molecule has 0 aromatic carbocycles. The Morgan fingerprint density at radius 2 is 1.64 bits per heavy atom. The Morgan fingerprint density at radius 1 is 1.00 bits per heavy atom. The molecule has 0 bridgehead atoms. The van der Waals surface area contributed by atoms with E-state index in [1.165, 1.54) is 12.8 Å². The van der Waals surface area contributed by atoms with E-state index in [1.54, 1.807) is 37.5 Å². The normalized spacial score (nSPS) is 26.4. The van der Waals surface area contributed by atoms with Crippen molar-refractivity contribution in [2.24, 2.45) is 0 Å². The number of hydrogen-bond acceptors (Lipinski definition) is 0. The van der Waals surface area contributed by atoms with Crippen LogP contribution in [-0.2, 0) is 0 Å². The van der Waals surface area contributed by atoms with E-state index in [4.69, 9.17) is 0 Å². The molecule has 0 atom stereocenters. The van der Waals surface area contributed by atoms with Crippen LogP contribution in [0.4, 0.5) is 0 Å². The van der Waals surface area contributed by atoms with Crippen molar-refractivity contribution in [3.8, 4) is 0 Å². The fraction of sp³-hybridized carbons (Fsp3) is 1.00. The van der Waals surface area contributed by atoms with E-state index in [1.807, 2.05) is 0 Å². The van der Waals surface area contributed by atoms with E-state index in [0.29, 0.717) is 0 Å². The third-order valence-electron chi connectivity index (χ3n) is 3.44. The first kappa shape index (κ1) is 9.52. The van der Waals surface area contributed by atoms with Crippen LogP contribution in [0.2, 0.25) is 0 Å². The van der Waals surface area contributed by atoms with Gasteiger partial charge < -0.3 is 0 Å². The molecule has 0 amide bonds. The Bertz CT molecular complexity index is 97.9. The van der Waals surface area contributed by atoms with E-state index < -0.39 is 7.26 Å². The van der Waals surface area contributed by atoms with Gasteiger partial charge in [0.25, 0.3) is 0 Å². The van der Waals surface area contributed by atoms with Crippen molar-refractivity contribution in [1.29, 1.82) is 0 Å². The van der Waals surface area contributed by atoms with Gasteiger partial charge in [0, 0.05) is 0 Å². The molecule has 1 rings (SSSR count). The summed E-state index contributed by atoms with van der Waals surface area (Å²) in [4.78, 5) is 0. The van der Waals surface area contributed by atoms with Gasteiger partial charge in [-0.25, -0.2) is 0 Å². The molecule has 1 aliphatic rings. The van der Waals surface area contributed by atoms with E-state index in [2.05, 4.69) is 13.8 Å². The van der Waals surface area contributed by atoms with Crippen LogP contribution < -0.4 is 0 Å². The molecular weight excluding hydrogens is 151 g/mol. The summed E-state index contributed by atoms with van der Waals surface area (Å²) in [6.07, 6.45) is 12.6. The topological polar surface area (TPSA) is 0 Å². The minimum atomic E-state index is -0.657. The average molecular weight is 174 g/mol. The second-order valence-corrected chi connectivity index (χ2v) is 9.37. The molecule has 0 nitrogen and oxygen atoms in total. The molecule has 0 unspecified atom stereocenters. The van der Waals surface area contributed by atoms with E-state index in [-0.39, 0.29) is 0 Å². The van der Waals surface area contributed by atoms with Gasteiger partial charge in [-0.05, 0) is 0 Å². The summed E-state index contributed by atoms with van der Waals surface area (Å²) < 4.78 is 0. The molecule has 1 fully saturated rings. The standard InChI is InChI=1S/C10H23P/c1-3-8-11(4-2)9-6-5-7-10-11/h11H,3-10H2,1-2H3. The van der Waals surface area contributed by atoms with E-state index in [0.717, 1.165) is 0 Å². The average Bonchev–Trinajstić information content (AvgIpc) is 2.07. The molecule has 0 N–H and O–H groups in total. The molecule has 0 aromatic heterocycles. The summed E-state index contributed by atoms with van der Waals surface area (Å²) in [5, 5.41) is 0. The molecule has 1 heterocycles. The van der Waals surface area contributed by atoms with Gasteiger partial charge in [0.05, 0.1) is 0 Å². The van der Waals surface area contributed by atoms with Gasteiger partial charge >= 0.3 is 71.4 Å². The molecule has 0 radical (unpaired) electrons. The fourth-order valence-corrected chi connectivity index (χ4v) is 7.48. The molecule has 1 heteroatoms. The van der Waals surface area contributed by atoms with Gasteiger partial charge in [0.1, 0.15) is 0 Å². The second-order valence-electron chi connectivity index (χ2n) is 4.16. The van der Waals surface area contributed by atoms with Gasteiger partial charge in [-0.2, -0.15) is 0 Å². The maximum atomic E-state index is 2.44. The molecule has 0 aliphatic carbocycles. The molecule has 0 spiro atoms. The van der Waals surface area contributed by atoms with Crippen molar-refractivity contribution < 1.29 is 0 Å². The Hall–Kier alpha value is 0.430. The second kappa shape index (κ2) is 4.45. The predicted octanol–water partition coefficient (Wildman–Crippen LogP) is 3.35. The molecule has 11 heavy (non-hydrogen) atoms. The van der Waals surface area contributed by atoms with Crippen LogP contribution in [-0.4, -0.2) is 24.6 Å². The molecule has 68 valence electrons. The summed E-state index contributed by atoms with van der Waals surface area (Å²) in [6, 6.07) is 0. The number of hydrogen-bond donors (Lipinski definition) is 0. The van der Waals surface area contributed by atoms with Crippen molar-refractivity contribution in [3.05, 3.63) is 0 Å². The molecule has 1 saturated heterocycles. The van der Waals surface area contributed by atoms with Gasteiger partial charge in [0.2, 0.25) is 0 Å². The Morgan fingerprint density at radius 3 is 2.09 bits per heavy atom. The van der Waals surface area contributed by atoms with Crippen LogP contribution in [0, 0.1) is 0 Å². The van der Waals surface area contributed by atoms with Crippen molar-refractivity contribution >= 4 is 7.26 Å². The molecular formula is C10H23P. The van der Waals surface area contributed by atoms with Crippen LogP contribution in [0.1, 0.15) is 39.5 Å². The first-order valence-corrected chi connectivity index (χ1v) is 8.16. The zero-order valence-electron chi connectivity index (χ0n) is 8.16. The summed E-state index contributed by atoms with van der Waals surface area (Å²) in [5.41, 5.74) is 0. The maximum absolute atomic E-state index is 2.44. The van der Waals surface area contributed by atoms with E-state index >= 15 is 0 Å². The predicted molar refractivity (Wildman–Crippen MR) is 57.6 cm³/mol. The minimum absolute atomic E-state index is 0.657. The first-order valence-electron chi connectivity index (χ1n) is 5.33. The molecule has 1 aliphatic heterocycles. The Balaban J connectivity index is 2.42. The van der Waals surface area contributed by atoms with Crippen LogP contribution in [0.3, 0.4) is 0 Å². The Labute approximate surface area is 72.1 Å². The zero-order chi connectivity index (χ0) is 8.16. The van der Waals surface area contributed by atoms with E-state index in [9.17, 15) is 0 Å². The third-order valence-corrected chi connectivity index (χ3v) is 9.33. The van der Waals surface area contributed by atoms with Crippen molar-refractivity contribution in [2.75, 3.05) is 24.6 Å². The van der Waals surface area contributed by atoms with Crippen molar-refractivity contribution in [2.45, 2.75) is 39.5 Å². The van der Waals surface area contributed by atoms with Crippen molar-refractivity contribution in [3.63, 3.8) is 0 Å². The van der Waals surface area contributed by atoms with Crippen LogP contribution in [0.25, 0.3) is 0 Å². The SMILES string of the molecule is CCC[PH]1(CC)CCCCC1. The van der Waals surface area contributed by atoms with Gasteiger partial charge in [-0.15, -0.1) is 0 Å². The monoisotopic (exact) mass is 174 g/mol. The van der Waals surface area contributed by atoms with Crippen molar-refractivity contribution in [1.82, 2.24) is 0 Å². The summed E-state index contributed by atoms with van der Waals surface area (Å²) >= 11 is 0.